The van der Waals surface area contributed by atoms with Crippen LogP contribution < -0.4 is 0 Å². The fourth-order valence-electron chi connectivity index (χ4n) is 5.90. The third-order valence-electron chi connectivity index (χ3n) is 7.69. The van der Waals surface area contributed by atoms with Crippen LogP contribution in [0.1, 0.15) is 36.0 Å². The second-order valence-corrected chi connectivity index (χ2v) is 9.90. The normalized spacial score (nSPS) is 31.1. The number of Topliss-reactive ketones (excluding diaryl/α,β-unsaturated/α-hetero) is 2. The molecule has 3 aliphatic carbocycles. The second kappa shape index (κ2) is 8.04. The number of aliphatic hydroxyl groups is 5. The van der Waals surface area contributed by atoms with Crippen LogP contribution in [0, 0.1) is 5.92 Å². The number of phenols is 1. The molecule has 1 fully saturated rings. The van der Waals surface area contributed by atoms with Crippen molar-refractivity contribution >= 4 is 23.3 Å². The predicted octanol–water partition coefficient (Wildman–Crippen LogP) is 0.859. The summed E-state index contributed by atoms with van der Waals surface area (Å²) in [7, 11) is 0. The zero-order chi connectivity index (χ0) is 26.9. The number of aryl methyl sites for hydroxylation is 1. The minimum atomic E-state index is -3.32. The highest BCUT2D eigenvalue weighted by Crippen LogP contribution is 2.55. The number of carbonyl (C=O) groups is 3. The van der Waals surface area contributed by atoms with Crippen LogP contribution >= 0.6 is 0 Å². The van der Waals surface area contributed by atoms with Crippen molar-refractivity contribution in [2.75, 3.05) is 0 Å². The quantitative estimate of drug-likeness (QED) is 0.282. The van der Waals surface area contributed by atoms with Crippen LogP contribution in [0.4, 0.5) is 0 Å². The fraction of sp³-hybridized carbons (Fsp3) is 0.346. The highest BCUT2D eigenvalue weighted by molar-refractivity contribution is 6.22. The number of hydrogen-bond acceptors (Lipinski definition) is 10. The minimum absolute atomic E-state index is 0.0444. The van der Waals surface area contributed by atoms with Crippen LogP contribution in [-0.4, -0.2) is 70.1 Å². The Hall–Kier alpha value is -3.93. The van der Waals surface area contributed by atoms with Gasteiger partial charge in [-0.1, -0.05) is 6.07 Å². The van der Waals surface area contributed by atoms with E-state index in [4.69, 9.17) is 4.74 Å². The van der Waals surface area contributed by atoms with Gasteiger partial charge in [-0.15, -0.1) is 0 Å². The van der Waals surface area contributed by atoms with Crippen LogP contribution in [0.15, 0.2) is 53.7 Å². The number of hydrogen-bond donors (Lipinski definition) is 7. The molecule has 7 N–H and O–H groups in total. The molecule has 1 aliphatic heterocycles. The number of carboxylic acid groups (broad SMARTS) is 1. The van der Waals surface area contributed by atoms with Crippen molar-refractivity contribution in [3.05, 3.63) is 70.4 Å². The molecule has 194 valence electrons. The van der Waals surface area contributed by atoms with Crippen molar-refractivity contribution < 1.29 is 54.9 Å². The molecular formula is C26H24O11. The number of carboxylic acids is 1. The lowest BCUT2D eigenvalue weighted by Gasteiger charge is -2.54. The van der Waals surface area contributed by atoms with Gasteiger partial charge in [-0.2, -0.15) is 0 Å². The van der Waals surface area contributed by atoms with E-state index < -0.39 is 75.6 Å². The number of ketones is 2. The number of aromatic hydroxyl groups is 1. The number of phenolic OH excluding ortho intramolecular Hbond substituents is 1. The predicted molar refractivity (Wildman–Crippen MR) is 124 cm³/mol. The maximum absolute atomic E-state index is 13.6. The van der Waals surface area contributed by atoms with Gasteiger partial charge in [0, 0.05) is 25.2 Å². The van der Waals surface area contributed by atoms with Gasteiger partial charge in [0.1, 0.15) is 28.3 Å². The first-order valence-corrected chi connectivity index (χ1v) is 11.5. The van der Waals surface area contributed by atoms with Crippen molar-refractivity contribution in [2.45, 2.75) is 48.9 Å². The number of aliphatic carboxylic acids is 1. The van der Waals surface area contributed by atoms with E-state index in [0.717, 1.165) is 0 Å². The van der Waals surface area contributed by atoms with Gasteiger partial charge in [0.15, 0.2) is 11.5 Å². The molecule has 0 unspecified atom stereocenters. The molecule has 0 radical (unpaired) electrons. The monoisotopic (exact) mass is 512 g/mol. The number of allylic oxidation sites excluding steroid dienone is 2. The Morgan fingerprint density at radius 1 is 1.03 bits per heavy atom. The largest absolute Gasteiger partial charge is 0.508 e. The Balaban J connectivity index is 1.65. The van der Waals surface area contributed by atoms with E-state index in [-0.39, 0.29) is 17.9 Å². The first kappa shape index (κ1) is 24.8. The van der Waals surface area contributed by atoms with Crippen molar-refractivity contribution in [1.82, 2.24) is 0 Å². The average Bonchev–Trinajstić information content (AvgIpc) is 2.81. The summed E-state index contributed by atoms with van der Waals surface area (Å²) in [6.45, 7) is 0. The molecule has 11 nitrogen and oxygen atoms in total. The highest BCUT2D eigenvalue weighted by Gasteiger charge is 2.71. The number of carbonyl (C=O) groups excluding carboxylic acids is 2. The number of ether oxygens (including phenoxy) is 1. The first-order chi connectivity index (χ1) is 17.3. The summed E-state index contributed by atoms with van der Waals surface area (Å²) in [5, 5.41) is 75.7. The Morgan fingerprint density at radius 3 is 2.35 bits per heavy atom. The van der Waals surface area contributed by atoms with E-state index in [1.807, 2.05) is 12.2 Å². The van der Waals surface area contributed by atoms with E-state index in [1.165, 1.54) is 6.07 Å². The molecule has 1 heterocycles. The summed E-state index contributed by atoms with van der Waals surface area (Å²) in [5.74, 6) is -7.56. The fourth-order valence-corrected chi connectivity index (χ4v) is 5.90. The minimum Gasteiger partial charge on any atom is -0.508 e. The molecule has 0 amide bonds. The average molecular weight is 512 g/mol. The topological polar surface area (TPSA) is 202 Å². The third-order valence-corrected chi connectivity index (χ3v) is 7.69. The van der Waals surface area contributed by atoms with Gasteiger partial charge >= 0.3 is 5.97 Å². The van der Waals surface area contributed by atoms with E-state index >= 15 is 0 Å². The zero-order valence-electron chi connectivity index (χ0n) is 19.3. The first-order valence-electron chi connectivity index (χ1n) is 11.5. The Kier molecular flexibility index (Phi) is 5.38. The van der Waals surface area contributed by atoms with E-state index in [1.54, 1.807) is 18.6 Å². The van der Waals surface area contributed by atoms with Gasteiger partial charge < -0.3 is 40.5 Å². The van der Waals surface area contributed by atoms with Crippen molar-refractivity contribution in [2.24, 2.45) is 5.92 Å². The number of benzene rings is 1. The Bertz CT molecular complexity index is 1370. The standard InChI is InChI=1S/C26H24O11/c27-15-4-3-13(2-1-12-5-7-37-8-6-12)14-9-24(34)11-25(35)10-16(28)18(23(32)33)21(30)26(25,36)22(31)19(24)20(29)17(14)15/h3-8,12,27,29-30,34-36H,1-2,9-11H2,(H,32,33)/t24-,25+,26-/m0/s1. The van der Waals surface area contributed by atoms with Gasteiger partial charge in [-0.25, -0.2) is 4.79 Å². The molecule has 37 heavy (non-hydrogen) atoms. The number of fused-ring (bicyclic) bond motifs is 3. The maximum atomic E-state index is 13.6. The molecular weight excluding hydrogens is 488 g/mol. The number of aliphatic hydroxyl groups excluding tert-OH is 2. The van der Waals surface area contributed by atoms with Gasteiger partial charge in [0.05, 0.1) is 23.7 Å². The van der Waals surface area contributed by atoms with Gasteiger partial charge in [-0.05, 0) is 42.2 Å². The smallest absolute Gasteiger partial charge is 0.342 e. The van der Waals surface area contributed by atoms with Gasteiger partial charge in [-0.3, -0.25) is 9.59 Å². The van der Waals surface area contributed by atoms with Crippen molar-refractivity contribution in [1.29, 1.82) is 0 Å². The Morgan fingerprint density at radius 2 is 1.70 bits per heavy atom. The summed E-state index contributed by atoms with van der Waals surface area (Å²) >= 11 is 0. The lowest BCUT2D eigenvalue weighted by atomic mass is 9.55. The summed E-state index contributed by atoms with van der Waals surface area (Å²) in [6, 6.07) is 2.92. The van der Waals surface area contributed by atoms with Crippen LogP contribution in [0.25, 0.3) is 5.76 Å². The molecule has 0 aromatic heterocycles. The molecule has 4 aliphatic rings. The molecule has 0 spiro atoms. The second-order valence-electron chi connectivity index (χ2n) is 9.90. The molecule has 1 saturated carbocycles. The molecule has 0 saturated heterocycles. The van der Waals surface area contributed by atoms with E-state index in [2.05, 4.69) is 0 Å². The van der Waals surface area contributed by atoms with Crippen molar-refractivity contribution in [3.8, 4) is 5.75 Å². The molecule has 0 bridgehead atoms. The van der Waals surface area contributed by atoms with Crippen LogP contribution in [0.2, 0.25) is 0 Å². The van der Waals surface area contributed by atoms with Crippen molar-refractivity contribution in [3.63, 3.8) is 0 Å². The molecule has 11 heteroatoms. The van der Waals surface area contributed by atoms with Crippen LogP contribution in [0.5, 0.6) is 5.75 Å². The SMILES string of the molecule is O=C(O)C1=C(O)[C@]2(O)C(=O)C3=C(O)c4c(O)ccc(CCC5C=COC=C5)c4C[C@]3(O)C[C@]2(O)CC1=O. The third kappa shape index (κ3) is 3.35. The van der Waals surface area contributed by atoms with Gasteiger partial charge in [0.2, 0.25) is 11.4 Å². The number of rotatable bonds is 4. The highest BCUT2D eigenvalue weighted by atomic mass is 16.5. The molecule has 1 aromatic rings. The molecule has 5 rings (SSSR count). The lowest BCUT2D eigenvalue weighted by molar-refractivity contribution is -0.200. The summed E-state index contributed by atoms with van der Waals surface area (Å²) in [6.07, 6.45) is 5.49. The summed E-state index contributed by atoms with van der Waals surface area (Å²) in [4.78, 5) is 37.5. The van der Waals surface area contributed by atoms with E-state index in [9.17, 15) is 50.1 Å². The molecule has 1 aromatic carbocycles. The summed E-state index contributed by atoms with van der Waals surface area (Å²) in [5.41, 5.74) is -9.70. The van der Waals surface area contributed by atoms with E-state index in [0.29, 0.717) is 24.0 Å². The summed E-state index contributed by atoms with van der Waals surface area (Å²) < 4.78 is 5.03. The zero-order valence-corrected chi connectivity index (χ0v) is 19.3. The maximum Gasteiger partial charge on any atom is 0.342 e. The molecule has 3 atom stereocenters. The van der Waals surface area contributed by atoms with Gasteiger partial charge in [0.25, 0.3) is 0 Å². The van der Waals surface area contributed by atoms with Crippen LogP contribution in [0.3, 0.4) is 0 Å². The van der Waals surface area contributed by atoms with Crippen LogP contribution in [-0.2, 0) is 32.0 Å². The Labute approximate surface area is 209 Å². The lowest BCUT2D eigenvalue weighted by Crippen LogP contribution is -2.72.